The molecule has 1 aliphatic carbocycles. The molecule has 2 heterocycles. The van der Waals surface area contributed by atoms with E-state index < -0.39 is 0 Å². The Hall–Kier alpha value is -2.67. The number of likely N-dealkylation sites (N-methyl/N-ethyl adjacent to an activating group) is 1. The number of aryl methyl sites for hydroxylation is 1. The van der Waals surface area contributed by atoms with Crippen molar-refractivity contribution in [3.63, 3.8) is 0 Å². The molecule has 1 amide bonds. The van der Waals surface area contributed by atoms with Gasteiger partial charge in [0.2, 0.25) is 5.91 Å². The molecule has 0 saturated carbocycles. The number of ether oxygens (including phenoxy) is 1. The van der Waals surface area contributed by atoms with Crippen LogP contribution in [0.5, 0.6) is 5.75 Å². The van der Waals surface area contributed by atoms with Crippen LogP contribution in [0.25, 0.3) is 10.7 Å². The molecule has 6 nitrogen and oxygen atoms in total. The summed E-state index contributed by atoms with van der Waals surface area (Å²) in [7, 11) is 3.30. The smallest absolute Gasteiger partial charge is 0.227 e. The first-order valence-electron chi connectivity index (χ1n) is 9.55. The molecular formula is C21H24N4O2S. The molecule has 2 aromatic heterocycles. The molecule has 0 bridgehead atoms. The van der Waals surface area contributed by atoms with Gasteiger partial charge in [-0.3, -0.25) is 4.79 Å². The number of amides is 1. The summed E-state index contributed by atoms with van der Waals surface area (Å²) in [5, 5.41) is 9.57. The van der Waals surface area contributed by atoms with Gasteiger partial charge in [-0.25, -0.2) is 9.67 Å². The zero-order chi connectivity index (χ0) is 19.5. The zero-order valence-electron chi connectivity index (χ0n) is 16.2. The number of fused-ring (bicyclic) bond motifs is 1. The van der Waals surface area contributed by atoms with Crippen LogP contribution in [0.3, 0.4) is 0 Å². The molecule has 0 unspecified atom stereocenters. The molecule has 3 aromatic rings. The van der Waals surface area contributed by atoms with Gasteiger partial charge in [0.25, 0.3) is 0 Å². The minimum absolute atomic E-state index is 0.0887. The largest absolute Gasteiger partial charge is 0.496 e. The lowest BCUT2D eigenvalue weighted by Gasteiger charge is -2.13. The Labute approximate surface area is 168 Å². The number of para-hydroxylation sites is 1. The van der Waals surface area contributed by atoms with E-state index in [0.29, 0.717) is 12.4 Å². The number of thiophene rings is 1. The molecule has 0 aliphatic heterocycles. The second-order valence-corrected chi connectivity index (χ2v) is 7.83. The lowest BCUT2D eigenvalue weighted by atomic mass is 9.94. The van der Waals surface area contributed by atoms with Crippen molar-refractivity contribution in [3.8, 4) is 16.5 Å². The molecule has 0 fully saturated rings. The third kappa shape index (κ3) is 3.67. The lowest BCUT2D eigenvalue weighted by molar-refractivity contribution is -0.120. The highest BCUT2D eigenvalue weighted by Gasteiger charge is 2.22. The molecule has 7 heteroatoms. The topological polar surface area (TPSA) is 69.0 Å². The summed E-state index contributed by atoms with van der Waals surface area (Å²) in [6.07, 6.45) is 4.86. The number of benzene rings is 1. The van der Waals surface area contributed by atoms with Gasteiger partial charge < -0.3 is 10.1 Å². The minimum atomic E-state index is -0.0887. The van der Waals surface area contributed by atoms with Crippen molar-refractivity contribution < 1.29 is 9.53 Å². The van der Waals surface area contributed by atoms with Gasteiger partial charge >= 0.3 is 0 Å². The van der Waals surface area contributed by atoms with Crippen LogP contribution in [0.1, 0.15) is 35.4 Å². The Bertz CT molecular complexity index is 992. The molecule has 0 saturated heterocycles. The number of rotatable bonds is 6. The molecule has 0 atom stereocenters. The van der Waals surface area contributed by atoms with E-state index in [2.05, 4.69) is 15.8 Å². The van der Waals surface area contributed by atoms with Crippen LogP contribution in [-0.4, -0.2) is 34.8 Å². The summed E-state index contributed by atoms with van der Waals surface area (Å²) < 4.78 is 7.42. The van der Waals surface area contributed by atoms with Gasteiger partial charge in [-0.2, -0.15) is 5.10 Å². The Morgan fingerprint density at radius 2 is 2.11 bits per heavy atom. The summed E-state index contributed by atoms with van der Waals surface area (Å²) in [5.41, 5.74) is 3.87. The standard InChI is InChI=1S/C21H24N4O2S/c1-22-19(26)11-18-23-21(20-16-9-5-3-8-15(16)13-28-20)25(24-18)12-14-7-4-6-10-17(14)27-2/h4,6-7,10,13H,3,5,8-9,11-12H2,1-2H3,(H,22,26). The highest BCUT2D eigenvalue weighted by Crippen LogP contribution is 2.36. The maximum atomic E-state index is 11.9. The van der Waals surface area contributed by atoms with Gasteiger partial charge in [0.05, 0.1) is 25.0 Å². The van der Waals surface area contributed by atoms with Crippen LogP contribution in [0, 0.1) is 0 Å². The lowest BCUT2D eigenvalue weighted by Crippen LogP contribution is -2.20. The zero-order valence-corrected chi connectivity index (χ0v) is 17.0. The van der Waals surface area contributed by atoms with Gasteiger partial charge in [-0.1, -0.05) is 18.2 Å². The van der Waals surface area contributed by atoms with Crippen LogP contribution >= 0.6 is 11.3 Å². The Kier molecular flexibility index (Phi) is 5.43. The summed E-state index contributed by atoms with van der Waals surface area (Å²) in [6, 6.07) is 7.93. The number of hydrogen-bond donors (Lipinski definition) is 1. The number of aromatic nitrogens is 3. The highest BCUT2D eigenvalue weighted by molar-refractivity contribution is 7.13. The number of hydrogen-bond acceptors (Lipinski definition) is 5. The Morgan fingerprint density at radius 3 is 2.93 bits per heavy atom. The van der Waals surface area contributed by atoms with Gasteiger partial charge in [0.1, 0.15) is 5.75 Å². The summed E-state index contributed by atoms with van der Waals surface area (Å²) in [4.78, 5) is 17.8. The second-order valence-electron chi connectivity index (χ2n) is 6.95. The van der Waals surface area contributed by atoms with Gasteiger partial charge in [-0.05, 0) is 48.3 Å². The quantitative estimate of drug-likeness (QED) is 0.695. The van der Waals surface area contributed by atoms with Crippen molar-refractivity contribution in [2.24, 2.45) is 0 Å². The minimum Gasteiger partial charge on any atom is -0.496 e. The van der Waals surface area contributed by atoms with E-state index in [1.54, 1.807) is 25.5 Å². The van der Waals surface area contributed by atoms with Crippen molar-refractivity contribution in [1.82, 2.24) is 20.1 Å². The molecule has 1 aliphatic rings. The van der Waals surface area contributed by atoms with Crippen molar-refractivity contribution in [1.29, 1.82) is 0 Å². The third-order valence-electron chi connectivity index (χ3n) is 5.13. The number of nitrogens with zero attached hydrogens (tertiary/aromatic N) is 3. The van der Waals surface area contributed by atoms with Crippen LogP contribution in [0.4, 0.5) is 0 Å². The van der Waals surface area contributed by atoms with Crippen LogP contribution in [-0.2, 0) is 30.6 Å². The van der Waals surface area contributed by atoms with E-state index in [-0.39, 0.29) is 12.3 Å². The van der Waals surface area contributed by atoms with Crippen molar-refractivity contribution >= 4 is 17.2 Å². The van der Waals surface area contributed by atoms with E-state index >= 15 is 0 Å². The average Bonchev–Trinajstić information content (AvgIpc) is 3.32. The van der Waals surface area contributed by atoms with E-state index in [4.69, 9.17) is 9.72 Å². The van der Waals surface area contributed by atoms with Gasteiger partial charge in [-0.15, -0.1) is 11.3 Å². The molecule has 28 heavy (non-hydrogen) atoms. The summed E-state index contributed by atoms with van der Waals surface area (Å²) >= 11 is 1.74. The van der Waals surface area contributed by atoms with E-state index in [9.17, 15) is 4.79 Å². The van der Waals surface area contributed by atoms with Crippen molar-refractivity contribution in [2.45, 2.75) is 38.6 Å². The summed E-state index contributed by atoms with van der Waals surface area (Å²) in [5.74, 6) is 2.12. The maximum Gasteiger partial charge on any atom is 0.227 e. The second kappa shape index (κ2) is 8.14. The molecule has 0 spiro atoms. The fraction of sp³-hybridized carbons (Fsp3) is 0.381. The highest BCUT2D eigenvalue weighted by atomic mass is 32.1. The van der Waals surface area contributed by atoms with Crippen LogP contribution in [0.15, 0.2) is 29.6 Å². The fourth-order valence-electron chi connectivity index (χ4n) is 3.68. The van der Waals surface area contributed by atoms with Crippen molar-refractivity contribution in [3.05, 3.63) is 52.2 Å². The van der Waals surface area contributed by atoms with Gasteiger partial charge in [0.15, 0.2) is 11.6 Å². The van der Waals surface area contributed by atoms with E-state index in [0.717, 1.165) is 30.0 Å². The maximum absolute atomic E-state index is 11.9. The fourth-order valence-corrected chi connectivity index (χ4v) is 4.83. The SMILES string of the molecule is CNC(=O)Cc1nc(-c2scc3c2CCCC3)n(Cc2ccccc2OC)n1. The van der Waals surface area contributed by atoms with Crippen LogP contribution in [0.2, 0.25) is 0 Å². The first kappa shape index (κ1) is 18.7. The number of carbonyl (C=O) groups is 1. The molecule has 146 valence electrons. The number of nitrogens with one attached hydrogen (secondary N) is 1. The first-order chi connectivity index (χ1) is 13.7. The van der Waals surface area contributed by atoms with Crippen LogP contribution < -0.4 is 10.1 Å². The Morgan fingerprint density at radius 1 is 1.29 bits per heavy atom. The molecule has 0 radical (unpaired) electrons. The molecule has 1 aromatic carbocycles. The molecule has 1 N–H and O–H groups in total. The van der Waals surface area contributed by atoms with E-state index in [1.807, 2.05) is 28.9 Å². The predicted molar refractivity (Wildman–Crippen MR) is 110 cm³/mol. The van der Waals surface area contributed by atoms with Crippen molar-refractivity contribution in [2.75, 3.05) is 14.2 Å². The number of methoxy groups -OCH3 is 1. The molecule has 4 rings (SSSR count). The Balaban J connectivity index is 1.76. The predicted octanol–water partition coefficient (Wildman–Crippen LogP) is 3.23. The third-order valence-corrected chi connectivity index (χ3v) is 6.20. The average molecular weight is 397 g/mol. The molecular weight excluding hydrogens is 372 g/mol. The summed E-state index contributed by atoms with van der Waals surface area (Å²) in [6.45, 7) is 0.548. The first-order valence-corrected chi connectivity index (χ1v) is 10.4. The number of carbonyl (C=O) groups excluding carboxylic acids is 1. The van der Waals surface area contributed by atoms with E-state index in [1.165, 1.54) is 28.8 Å². The monoisotopic (exact) mass is 396 g/mol. The normalized spacial score (nSPS) is 13.2. The van der Waals surface area contributed by atoms with Gasteiger partial charge in [0, 0.05) is 12.6 Å².